The third kappa shape index (κ3) is 3.24. The lowest BCUT2D eigenvalue weighted by Gasteiger charge is -2.34. The number of carbonyl (C=O) groups excluding carboxylic acids is 2. The molecule has 8 nitrogen and oxygen atoms in total. The Morgan fingerprint density at radius 2 is 1.97 bits per heavy atom. The Bertz CT molecular complexity index is 1470. The lowest BCUT2D eigenvalue weighted by molar-refractivity contribution is -0.0149. The molecule has 0 radical (unpaired) electrons. The van der Waals surface area contributed by atoms with Gasteiger partial charge in [-0.1, -0.05) is 30.3 Å². The molecule has 1 aliphatic carbocycles. The van der Waals surface area contributed by atoms with Crippen molar-refractivity contribution in [2.75, 3.05) is 0 Å². The van der Waals surface area contributed by atoms with Crippen molar-refractivity contribution >= 4 is 11.8 Å². The van der Waals surface area contributed by atoms with Crippen LogP contribution in [0.2, 0.25) is 0 Å². The predicted octanol–water partition coefficient (Wildman–Crippen LogP) is 2.24. The van der Waals surface area contributed by atoms with Crippen molar-refractivity contribution in [1.82, 2.24) is 14.8 Å². The molecule has 2 amide bonds. The van der Waals surface area contributed by atoms with Gasteiger partial charge in [-0.15, -0.1) is 0 Å². The van der Waals surface area contributed by atoms with E-state index in [-0.39, 0.29) is 36.5 Å². The number of ether oxygens (including phenoxy) is 1. The van der Waals surface area contributed by atoms with Gasteiger partial charge in [0.1, 0.15) is 17.2 Å². The van der Waals surface area contributed by atoms with Gasteiger partial charge in [0.05, 0.1) is 18.7 Å². The van der Waals surface area contributed by atoms with Gasteiger partial charge in [0.25, 0.3) is 11.8 Å². The minimum Gasteiger partial charge on any atom is -0.503 e. The molecule has 6 rings (SSSR count). The van der Waals surface area contributed by atoms with Crippen LogP contribution in [-0.4, -0.2) is 38.7 Å². The molecule has 10 heteroatoms. The number of benzene rings is 2. The Labute approximate surface area is 197 Å². The van der Waals surface area contributed by atoms with Crippen molar-refractivity contribution in [3.05, 3.63) is 98.5 Å². The first-order chi connectivity index (χ1) is 16.8. The Kier molecular flexibility index (Phi) is 4.75. The molecule has 3 heterocycles. The maximum Gasteiger partial charge on any atom is 0.277 e. The van der Waals surface area contributed by atoms with Crippen LogP contribution in [0.15, 0.2) is 53.5 Å². The fraction of sp³-hybridized carbons (Fsp3) is 0.240. The van der Waals surface area contributed by atoms with E-state index in [2.05, 4.69) is 5.32 Å². The summed E-state index contributed by atoms with van der Waals surface area (Å²) in [4.78, 5) is 40.5. The third-order valence-corrected chi connectivity index (χ3v) is 6.83. The fourth-order valence-corrected chi connectivity index (χ4v) is 5.23. The highest BCUT2D eigenvalue weighted by Crippen LogP contribution is 2.46. The maximum atomic E-state index is 13.9. The van der Waals surface area contributed by atoms with Crippen LogP contribution in [0.25, 0.3) is 0 Å². The monoisotopic (exact) mass is 479 g/mol. The lowest BCUT2D eigenvalue weighted by Crippen LogP contribution is -2.47. The molecule has 3 aromatic rings. The number of nitrogens with one attached hydrogen (secondary N) is 1. The molecule has 3 aliphatic rings. The summed E-state index contributed by atoms with van der Waals surface area (Å²) >= 11 is 0. The summed E-state index contributed by atoms with van der Waals surface area (Å²) in [6, 6.07) is 10.3. The second-order valence-corrected chi connectivity index (χ2v) is 8.83. The smallest absolute Gasteiger partial charge is 0.277 e. The number of rotatable bonds is 3. The normalized spacial score (nSPS) is 21.8. The molecule has 0 bridgehead atoms. The highest BCUT2D eigenvalue weighted by atomic mass is 19.1. The first-order valence-electron chi connectivity index (χ1n) is 11.1. The summed E-state index contributed by atoms with van der Waals surface area (Å²) in [7, 11) is 0. The summed E-state index contributed by atoms with van der Waals surface area (Å²) in [6.45, 7) is -0.176. The quantitative estimate of drug-likeness (QED) is 0.600. The van der Waals surface area contributed by atoms with Crippen LogP contribution in [0, 0.1) is 11.6 Å². The molecule has 178 valence electrons. The van der Waals surface area contributed by atoms with E-state index in [1.807, 2.05) is 24.3 Å². The van der Waals surface area contributed by atoms with E-state index in [1.54, 1.807) is 4.90 Å². The number of amides is 2. The van der Waals surface area contributed by atoms with E-state index in [1.165, 1.54) is 16.8 Å². The Balaban J connectivity index is 1.30. The molecule has 0 spiro atoms. The molecular formula is C25H19F2N3O5. The zero-order valence-electron chi connectivity index (χ0n) is 18.2. The number of fused-ring (bicyclic) bond motifs is 6. The highest BCUT2D eigenvalue weighted by molar-refractivity contribution is 5.99. The maximum absolute atomic E-state index is 13.9. The Hall–Kier alpha value is -4.05. The van der Waals surface area contributed by atoms with Crippen LogP contribution in [0.5, 0.6) is 5.75 Å². The summed E-state index contributed by atoms with van der Waals surface area (Å²) in [6.07, 6.45) is 0.992. The fourth-order valence-electron chi connectivity index (χ4n) is 5.23. The summed E-state index contributed by atoms with van der Waals surface area (Å²) < 4.78 is 34.5. The molecule has 2 aromatic carbocycles. The van der Waals surface area contributed by atoms with Crippen LogP contribution in [0.4, 0.5) is 8.78 Å². The average molecular weight is 479 g/mol. The van der Waals surface area contributed by atoms with Gasteiger partial charge in [0.15, 0.2) is 17.7 Å². The first-order valence-corrected chi connectivity index (χ1v) is 11.1. The number of aromatic nitrogens is 1. The number of aromatic hydroxyl groups is 1. The molecule has 3 atom stereocenters. The van der Waals surface area contributed by atoms with Crippen LogP contribution in [-0.2, 0) is 24.2 Å². The highest BCUT2D eigenvalue weighted by Gasteiger charge is 2.52. The van der Waals surface area contributed by atoms with E-state index in [0.717, 1.165) is 17.2 Å². The van der Waals surface area contributed by atoms with Gasteiger partial charge in [-0.2, -0.15) is 0 Å². The Morgan fingerprint density at radius 3 is 2.77 bits per heavy atom. The second-order valence-electron chi connectivity index (χ2n) is 8.83. The SMILES string of the molecule is O=C(NCc1ccc(F)cc1F)c1cn2c(c(O)c1=O)C(=O)N1C(C2)OC2Cc3ccccc3C21. The molecule has 1 saturated heterocycles. The molecule has 2 aliphatic heterocycles. The molecular weight excluding hydrogens is 460 g/mol. The number of carbonyl (C=O) groups is 2. The van der Waals surface area contributed by atoms with Crippen LogP contribution < -0.4 is 10.7 Å². The molecule has 1 aromatic heterocycles. The van der Waals surface area contributed by atoms with Gasteiger partial charge in [0.2, 0.25) is 5.43 Å². The number of hydrogen-bond acceptors (Lipinski definition) is 5. The molecule has 35 heavy (non-hydrogen) atoms. The van der Waals surface area contributed by atoms with Gasteiger partial charge in [0, 0.05) is 30.8 Å². The predicted molar refractivity (Wildman–Crippen MR) is 118 cm³/mol. The Morgan fingerprint density at radius 1 is 1.17 bits per heavy atom. The van der Waals surface area contributed by atoms with E-state index < -0.39 is 46.4 Å². The van der Waals surface area contributed by atoms with Crippen LogP contribution in [0.1, 0.15) is 43.6 Å². The van der Waals surface area contributed by atoms with Gasteiger partial charge < -0.3 is 19.7 Å². The summed E-state index contributed by atoms with van der Waals surface area (Å²) in [5.74, 6) is -3.84. The second kappa shape index (κ2) is 7.74. The summed E-state index contributed by atoms with van der Waals surface area (Å²) in [5.41, 5.74) is 0.473. The zero-order chi connectivity index (χ0) is 24.4. The van der Waals surface area contributed by atoms with E-state index in [4.69, 9.17) is 4.74 Å². The first kappa shape index (κ1) is 21.5. The van der Waals surface area contributed by atoms with Gasteiger partial charge in [-0.25, -0.2) is 8.78 Å². The summed E-state index contributed by atoms with van der Waals surface area (Å²) in [5, 5.41) is 13.1. The minimum absolute atomic E-state index is 0.0269. The van der Waals surface area contributed by atoms with Gasteiger partial charge in [-0.3, -0.25) is 19.3 Å². The molecule has 1 fully saturated rings. The number of halogens is 2. The minimum atomic E-state index is -1.01. The number of nitrogens with zero attached hydrogens (tertiary/aromatic N) is 2. The molecule has 3 unspecified atom stereocenters. The van der Waals surface area contributed by atoms with Crippen LogP contribution >= 0.6 is 0 Å². The number of hydrogen-bond donors (Lipinski definition) is 2. The number of pyridine rings is 1. The molecule has 2 N–H and O–H groups in total. The average Bonchev–Trinajstić information content (AvgIpc) is 3.36. The standard InChI is InChI=1S/C25H19F2N3O5/c26-14-6-5-13(17(27)8-14)9-28-24(33)16-10-29-11-19-30(25(34)21(29)23(32)22(16)31)20-15-4-2-1-3-12(15)7-18(20)35-19/h1-6,8,10,18-20,32H,7,9,11H2,(H,28,33). The molecule has 0 saturated carbocycles. The van der Waals surface area contributed by atoms with Crippen LogP contribution in [0.3, 0.4) is 0 Å². The topological polar surface area (TPSA) is 101 Å². The van der Waals surface area contributed by atoms with E-state index in [0.29, 0.717) is 12.5 Å². The van der Waals surface area contributed by atoms with Crippen molar-refractivity contribution in [2.45, 2.75) is 37.9 Å². The van der Waals surface area contributed by atoms with Gasteiger partial charge >= 0.3 is 0 Å². The van der Waals surface area contributed by atoms with Crippen molar-refractivity contribution in [3.63, 3.8) is 0 Å². The van der Waals surface area contributed by atoms with E-state index >= 15 is 0 Å². The van der Waals surface area contributed by atoms with Crippen molar-refractivity contribution < 1.29 is 28.2 Å². The largest absolute Gasteiger partial charge is 0.503 e. The van der Waals surface area contributed by atoms with Gasteiger partial charge in [-0.05, 0) is 17.2 Å². The lowest BCUT2D eigenvalue weighted by atomic mass is 10.0. The van der Waals surface area contributed by atoms with E-state index in [9.17, 15) is 28.3 Å². The van der Waals surface area contributed by atoms with Crippen molar-refractivity contribution in [2.24, 2.45) is 0 Å². The van der Waals surface area contributed by atoms with Crippen molar-refractivity contribution in [3.8, 4) is 5.75 Å². The van der Waals surface area contributed by atoms with Crippen molar-refractivity contribution in [1.29, 1.82) is 0 Å². The zero-order valence-corrected chi connectivity index (χ0v) is 18.2. The third-order valence-electron chi connectivity index (χ3n) is 6.83.